The largest absolute Gasteiger partial charge is 0.416 e. The normalized spacial score (nSPS) is 19.9. The lowest BCUT2D eigenvalue weighted by Crippen LogP contribution is -2.53. The van der Waals surface area contributed by atoms with Crippen LogP contribution in [-0.4, -0.2) is 49.5 Å². The summed E-state index contributed by atoms with van der Waals surface area (Å²) in [4.78, 5) is 14.1. The van der Waals surface area contributed by atoms with Crippen molar-refractivity contribution in [1.29, 1.82) is 0 Å². The highest BCUT2D eigenvalue weighted by Crippen LogP contribution is 2.25. The van der Waals surface area contributed by atoms with Gasteiger partial charge in [0.2, 0.25) is 0 Å². The standard InChI is InChI=1S/C12H15F3N2O2S/c13-12(14,15)10-8-17(5-6-19-10)11(18)16-4-3-9-2-1-7-20-9/h1-2,7,10H,3-6,8H2,(H,16,18)/t10-/m0/s1. The van der Waals surface area contributed by atoms with Crippen LogP contribution in [-0.2, 0) is 11.2 Å². The molecule has 1 aliphatic rings. The smallest absolute Gasteiger partial charge is 0.365 e. The average molecular weight is 308 g/mol. The van der Waals surface area contributed by atoms with Crippen molar-refractivity contribution in [3.63, 3.8) is 0 Å². The van der Waals surface area contributed by atoms with E-state index < -0.39 is 24.9 Å². The summed E-state index contributed by atoms with van der Waals surface area (Å²) >= 11 is 1.58. The number of alkyl halides is 3. The molecular formula is C12H15F3N2O2S. The number of nitrogens with zero attached hydrogens (tertiary/aromatic N) is 1. The van der Waals surface area contributed by atoms with Gasteiger partial charge in [-0.2, -0.15) is 13.2 Å². The van der Waals surface area contributed by atoms with Crippen LogP contribution in [0.2, 0.25) is 0 Å². The predicted molar refractivity (Wildman–Crippen MR) is 68.8 cm³/mol. The van der Waals surface area contributed by atoms with E-state index in [4.69, 9.17) is 0 Å². The summed E-state index contributed by atoms with van der Waals surface area (Å²) < 4.78 is 42.2. The number of nitrogens with one attached hydrogen (secondary N) is 1. The molecule has 1 N–H and O–H groups in total. The van der Waals surface area contributed by atoms with Crippen molar-refractivity contribution in [1.82, 2.24) is 10.2 Å². The first-order valence-corrected chi connectivity index (χ1v) is 7.08. The molecule has 0 aliphatic carbocycles. The Morgan fingerprint density at radius 1 is 1.55 bits per heavy atom. The maximum absolute atomic E-state index is 12.5. The van der Waals surface area contributed by atoms with E-state index >= 15 is 0 Å². The summed E-state index contributed by atoms with van der Waals surface area (Å²) in [6.07, 6.45) is -5.65. The molecule has 2 heterocycles. The molecule has 1 atom stereocenters. The van der Waals surface area contributed by atoms with Crippen LogP contribution in [0, 0.1) is 0 Å². The Morgan fingerprint density at radius 2 is 2.35 bits per heavy atom. The Kier molecular flexibility index (Phi) is 4.87. The van der Waals surface area contributed by atoms with Crippen LogP contribution in [0.1, 0.15) is 4.88 Å². The minimum absolute atomic E-state index is 0.0947. The number of rotatable bonds is 3. The maximum atomic E-state index is 12.5. The first kappa shape index (κ1) is 15.1. The van der Waals surface area contributed by atoms with Crippen molar-refractivity contribution in [2.75, 3.05) is 26.2 Å². The van der Waals surface area contributed by atoms with E-state index in [0.717, 1.165) is 9.78 Å². The van der Waals surface area contributed by atoms with Crippen LogP contribution < -0.4 is 5.32 Å². The number of carbonyl (C=O) groups is 1. The molecule has 4 nitrogen and oxygen atoms in total. The fourth-order valence-electron chi connectivity index (χ4n) is 1.89. The van der Waals surface area contributed by atoms with Crippen LogP contribution in [0.3, 0.4) is 0 Å². The number of halogens is 3. The average Bonchev–Trinajstić information content (AvgIpc) is 2.91. The number of urea groups is 1. The maximum Gasteiger partial charge on any atom is 0.416 e. The highest BCUT2D eigenvalue weighted by Gasteiger charge is 2.44. The van der Waals surface area contributed by atoms with E-state index in [0.29, 0.717) is 13.0 Å². The third-order valence-electron chi connectivity index (χ3n) is 2.95. The molecule has 0 bridgehead atoms. The van der Waals surface area contributed by atoms with Gasteiger partial charge in [0.15, 0.2) is 6.10 Å². The summed E-state index contributed by atoms with van der Waals surface area (Å²) in [6, 6.07) is 3.39. The van der Waals surface area contributed by atoms with Crippen LogP contribution in [0.5, 0.6) is 0 Å². The van der Waals surface area contributed by atoms with E-state index in [-0.39, 0.29) is 13.2 Å². The van der Waals surface area contributed by atoms with Crippen LogP contribution >= 0.6 is 11.3 Å². The number of amides is 2. The minimum atomic E-state index is -4.43. The van der Waals surface area contributed by atoms with E-state index in [1.807, 2.05) is 17.5 Å². The molecule has 2 amide bonds. The number of ether oxygens (including phenoxy) is 1. The summed E-state index contributed by atoms with van der Waals surface area (Å²) in [6.45, 7) is 0.0433. The Hall–Kier alpha value is -1.28. The van der Waals surface area contributed by atoms with Gasteiger partial charge in [0.05, 0.1) is 13.2 Å². The lowest BCUT2D eigenvalue weighted by molar-refractivity contribution is -0.233. The summed E-state index contributed by atoms with van der Waals surface area (Å²) in [5.41, 5.74) is 0. The third kappa shape index (κ3) is 4.11. The number of hydrogen-bond acceptors (Lipinski definition) is 3. The van der Waals surface area contributed by atoms with Gasteiger partial charge in [-0.1, -0.05) is 6.07 Å². The second kappa shape index (κ2) is 6.45. The minimum Gasteiger partial charge on any atom is -0.365 e. The molecule has 0 saturated carbocycles. The fraction of sp³-hybridized carbons (Fsp3) is 0.583. The molecule has 1 aromatic rings. The second-order valence-corrected chi connectivity index (χ2v) is 5.44. The summed E-state index contributed by atoms with van der Waals surface area (Å²) in [7, 11) is 0. The van der Waals surface area contributed by atoms with E-state index in [9.17, 15) is 18.0 Å². The first-order valence-electron chi connectivity index (χ1n) is 6.20. The van der Waals surface area contributed by atoms with Gasteiger partial charge in [-0.25, -0.2) is 4.79 Å². The fourth-order valence-corrected chi connectivity index (χ4v) is 2.60. The predicted octanol–water partition coefficient (Wildman–Crippen LogP) is 2.26. The molecule has 1 fully saturated rings. The van der Waals surface area contributed by atoms with E-state index in [1.165, 1.54) is 0 Å². The molecular weight excluding hydrogens is 293 g/mol. The zero-order valence-electron chi connectivity index (χ0n) is 10.7. The number of morpholine rings is 1. The molecule has 0 aromatic carbocycles. The number of carbonyl (C=O) groups excluding carboxylic acids is 1. The molecule has 1 aliphatic heterocycles. The Labute approximate surface area is 118 Å². The van der Waals surface area contributed by atoms with Gasteiger partial charge in [0, 0.05) is 18.0 Å². The molecule has 20 heavy (non-hydrogen) atoms. The molecule has 1 aromatic heterocycles. The molecule has 8 heteroatoms. The monoisotopic (exact) mass is 308 g/mol. The first-order chi connectivity index (χ1) is 9.47. The van der Waals surface area contributed by atoms with Gasteiger partial charge in [0.25, 0.3) is 0 Å². The molecule has 112 valence electrons. The zero-order valence-corrected chi connectivity index (χ0v) is 11.5. The van der Waals surface area contributed by atoms with Crippen molar-refractivity contribution >= 4 is 17.4 Å². The van der Waals surface area contributed by atoms with Crippen molar-refractivity contribution in [3.05, 3.63) is 22.4 Å². The SMILES string of the molecule is O=C(NCCc1cccs1)N1CCO[C@H](C(F)(F)F)C1. The van der Waals surface area contributed by atoms with Crippen LogP contribution in [0.4, 0.5) is 18.0 Å². The van der Waals surface area contributed by atoms with Gasteiger partial charge in [-0.3, -0.25) is 0 Å². The second-order valence-electron chi connectivity index (χ2n) is 4.41. The van der Waals surface area contributed by atoms with Gasteiger partial charge >= 0.3 is 12.2 Å². The van der Waals surface area contributed by atoms with Crippen LogP contribution in [0.15, 0.2) is 17.5 Å². The van der Waals surface area contributed by atoms with Crippen molar-refractivity contribution < 1.29 is 22.7 Å². The van der Waals surface area contributed by atoms with E-state index in [2.05, 4.69) is 10.1 Å². The Bertz CT molecular complexity index is 436. The Morgan fingerprint density at radius 3 is 3.00 bits per heavy atom. The van der Waals surface area contributed by atoms with Gasteiger partial charge in [0.1, 0.15) is 0 Å². The molecule has 0 radical (unpaired) electrons. The molecule has 0 unspecified atom stereocenters. The van der Waals surface area contributed by atoms with Crippen molar-refractivity contribution in [3.8, 4) is 0 Å². The van der Waals surface area contributed by atoms with Gasteiger partial charge in [-0.15, -0.1) is 11.3 Å². The summed E-state index contributed by atoms with van der Waals surface area (Å²) in [5.74, 6) is 0. The molecule has 1 saturated heterocycles. The molecule has 0 spiro atoms. The topological polar surface area (TPSA) is 41.6 Å². The zero-order chi connectivity index (χ0) is 14.6. The number of hydrogen-bond donors (Lipinski definition) is 1. The highest BCUT2D eigenvalue weighted by molar-refractivity contribution is 7.09. The lowest BCUT2D eigenvalue weighted by Gasteiger charge is -2.33. The third-order valence-corrected chi connectivity index (χ3v) is 3.88. The van der Waals surface area contributed by atoms with Gasteiger partial charge < -0.3 is 15.0 Å². The summed E-state index contributed by atoms with van der Waals surface area (Å²) in [5, 5.41) is 4.57. The number of thiophene rings is 1. The Balaban J connectivity index is 1.77. The van der Waals surface area contributed by atoms with Gasteiger partial charge in [-0.05, 0) is 17.9 Å². The van der Waals surface area contributed by atoms with Crippen LogP contribution in [0.25, 0.3) is 0 Å². The van der Waals surface area contributed by atoms with Crippen molar-refractivity contribution in [2.24, 2.45) is 0 Å². The molecule has 2 rings (SSSR count). The lowest BCUT2D eigenvalue weighted by atomic mass is 10.2. The van der Waals surface area contributed by atoms with Crippen molar-refractivity contribution in [2.45, 2.75) is 18.7 Å². The quantitative estimate of drug-likeness (QED) is 0.930. The van der Waals surface area contributed by atoms with E-state index in [1.54, 1.807) is 11.3 Å². The highest BCUT2D eigenvalue weighted by atomic mass is 32.1.